The first-order valence-corrected chi connectivity index (χ1v) is 12.9. The number of carbonyl (C=O) groups excluding carboxylic acids is 2. The van der Waals surface area contributed by atoms with Crippen molar-refractivity contribution in [1.29, 1.82) is 0 Å². The minimum Gasteiger partial charge on any atom is -0.454 e. The van der Waals surface area contributed by atoms with Crippen LogP contribution in [0.3, 0.4) is 0 Å². The first-order valence-electron chi connectivity index (χ1n) is 12.1. The fourth-order valence-electron chi connectivity index (χ4n) is 4.28. The molecular weight excluding hydrogens is 531 g/mol. The van der Waals surface area contributed by atoms with E-state index in [9.17, 15) is 22.8 Å². The number of nitrogens with one attached hydrogen (secondary N) is 1. The summed E-state index contributed by atoms with van der Waals surface area (Å²) in [5, 5.41) is 2.12. The van der Waals surface area contributed by atoms with Gasteiger partial charge in [-0.25, -0.2) is 4.99 Å². The third-order valence-corrected chi connectivity index (χ3v) is 7.39. The zero-order valence-corrected chi connectivity index (χ0v) is 21.9. The van der Waals surface area contributed by atoms with Crippen LogP contribution >= 0.6 is 11.8 Å². The highest BCUT2D eigenvalue weighted by Crippen LogP contribution is 2.37. The van der Waals surface area contributed by atoms with Gasteiger partial charge in [0.05, 0.1) is 17.8 Å². The summed E-state index contributed by atoms with van der Waals surface area (Å²) in [4.78, 5) is 32.5. The van der Waals surface area contributed by atoms with Gasteiger partial charge in [0.15, 0.2) is 16.7 Å². The van der Waals surface area contributed by atoms with E-state index in [4.69, 9.17) is 14.5 Å². The predicted molar refractivity (Wildman–Crippen MR) is 142 cm³/mol. The van der Waals surface area contributed by atoms with Crippen molar-refractivity contribution in [2.75, 3.05) is 12.1 Å². The number of amides is 2. The molecule has 1 saturated heterocycles. The molecule has 0 aromatic heterocycles. The first kappa shape index (κ1) is 26.6. The smallest absolute Gasteiger partial charge is 0.416 e. The molecule has 0 spiro atoms. The lowest BCUT2D eigenvalue weighted by molar-refractivity contribution is -0.137. The zero-order valence-electron chi connectivity index (χ0n) is 21.0. The Morgan fingerprint density at radius 2 is 1.87 bits per heavy atom. The topological polar surface area (TPSA) is 80.2 Å². The van der Waals surface area contributed by atoms with E-state index in [-0.39, 0.29) is 31.4 Å². The molecule has 0 aliphatic carbocycles. The van der Waals surface area contributed by atoms with Gasteiger partial charge in [-0.05, 0) is 61.4 Å². The van der Waals surface area contributed by atoms with Crippen molar-refractivity contribution in [3.05, 3.63) is 82.9 Å². The van der Waals surface area contributed by atoms with Gasteiger partial charge in [-0.1, -0.05) is 41.6 Å². The van der Waals surface area contributed by atoms with Gasteiger partial charge < -0.3 is 14.8 Å². The number of nitrogens with zero attached hydrogens (tertiary/aromatic N) is 2. The lowest BCUT2D eigenvalue weighted by Gasteiger charge is -2.17. The summed E-state index contributed by atoms with van der Waals surface area (Å²) in [6.45, 7) is 4.22. The SMILES string of the molecule is Cc1ccc(N=C2S[C@H](CC(=O)Nc3cccc(C(F)(F)F)c3)C(=O)N2Cc2ccc3c(c2)OCO3)c(C)c1. The number of amidine groups is 1. The predicted octanol–water partition coefficient (Wildman–Crippen LogP) is 6.21. The van der Waals surface area contributed by atoms with Gasteiger partial charge in [0.2, 0.25) is 18.6 Å². The molecule has 2 amide bonds. The van der Waals surface area contributed by atoms with Crippen LogP contribution in [0.15, 0.2) is 65.7 Å². The molecule has 202 valence electrons. The number of halogens is 3. The monoisotopic (exact) mass is 555 g/mol. The summed E-state index contributed by atoms with van der Waals surface area (Å²) in [5.74, 6) is 0.308. The normalized spacial score (nSPS) is 17.7. The van der Waals surface area contributed by atoms with Gasteiger partial charge in [0, 0.05) is 12.1 Å². The molecule has 5 rings (SSSR count). The van der Waals surface area contributed by atoms with Crippen molar-refractivity contribution in [1.82, 2.24) is 4.90 Å². The molecule has 3 aromatic rings. The third-order valence-electron chi connectivity index (χ3n) is 6.21. The quantitative estimate of drug-likeness (QED) is 0.391. The maximum absolute atomic E-state index is 13.5. The van der Waals surface area contributed by atoms with E-state index in [1.807, 2.05) is 38.1 Å². The van der Waals surface area contributed by atoms with E-state index in [1.54, 1.807) is 12.1 Å². The van der Waals surface area contributed by atoms with Crippen molar-refractivity contribution in [2.24, 2.45) is 4.99 Å². The summed E-state index contributed by atoms with van der Waals surface area (Å²) >= 11 is 1.16. The fourth-order valence-corrected chi connectivity index (χ4v) is 5.43. The molecule has 1 atom stereocenters. The molecule has 0 bridgehead atoms. The number of aryl methyl sites for hydroxylation is 2. The minimum atomic E-state index is -4.54. The molecule has 3 aromatic carbocycles. The Kier molecular flexibility index (Phi) is 7.26. The average Bonchev–Trinajstić information content (AvgIpc) is 3.45. The largest absolute Gasteiger partial charge is 0.454 e. The number of carbonyl (C=O) groups is 2. The van der Waals surface area contributed by atoms with Crippen molar-refractivity contribution in [3.63, 3.8) is 0 Å². The number of aliphatic imine (C=N–C) groups is 1. The van der Waals surface area contributed by atoms with Crippen LogP contribution in [0.25, 0.3) is 0 Å². The van der Waals surface area contributed by atoms with Crippen LogP contribution in [0.4, 0.5) is 24.5 Å². The average molecular weight is 556 g/mol. The van der Waals surface area contributed by atoms with E-state index < -0.39 is 22.9 Å². The van der Waals surface area contributed by atoms with Crippen LogP contribution in [-0.4, -0.2) is 33.9 Å². The highest BCUT2D eigenvalue weighted by Gasteiger charge is 2.39. The van der Waals surface area contributed by atoms with Crippen LogP contribution in [0.5, 0.6) is 11.5 Å². The highest BCUT2D eigenvalue weighted by molar-refractivity contribution is 8.15. The Hall–Kier alpha value is -3.99. The Balaban J connectivity index is 1.37. The number of anilines is 1. The van der Waals surface area contributed by atoms with Crippen molar-refractivity contribution < 1.29 is 32.2 Å². The number of alkyl halides is 3. The van der Waals surface area contributed by atoms with Gasteiger partial charge in [-0.2, -0.15) is 13.2 Å². The molecule has 1 fully saturated rings. The molecule has 1 N–H and O–H groups in total. The third kappa shape index (κ3) is 6.03. The molecular formula is C28H24F3N3O4S. The Labute approximate surface area is 227 Å². The van der Waals surface area contributed by atoms with Crippen molar-refractivity contribution >= 4 is 40.1 Å². The second-order valence-electron chi connectivity index (χ2n) is 9.23. The molecule has 2 aliphatic rings. The summed E-state index contributed by atoms with van der Waals surface area (Å²) in [5.41, 5.74) is 2.63. The molecule has 0 unspecified atom stereocenters. The minimum absolute atomic E-state index is 0.00616. The summed E-state index contributed by atoms with van der Waals surface area (Å²) in [6, 6.07) is 15.6. The number of benzene rings is 3. The first-order chi connectivity index (χ1) is 18.6. The van der Waals surface area contributed by atoms with Gasteiger partial charge in [-0.3, -0.25) is 14.5 Å². The number of hydrogen-bond acceptors (Lipinski definition) is 6. The highest BCUT2D eigenvalue weighted by atomic mass is 32.2. The lowest BCUT2D eigenvalue weighted by atomic mass is 10.1. The molecule has 7 nitrogen and oxygen atoms in total. The van der Waals surface area contributed by atoms with E-state index in [0.29, 0.717) is 22.4 Å². The van der Waals surface area contributed by atoms with Crippen LogP contribution < -0.4 is 14.8 Å². The number of ether oxygens (including phenoxy) is 2. The molecule has 0 radical (unpaired) electrons. The molecule has 39 heavy (non-hydrogen) atoms. The summed E-state index contributed by atoms with van der Waals surface area (Å²) in [7, 11) is 0. The zero-order chi connectivity index (χ0) is 27.7. The standard InChI is InChI=1S/C28H24F3N3O4S/c1-16-6-8-21(17(2)10-16)33-27-34(14-18-7-9-22-23(11-18)38-15-37-22)26(36)24(39-27)13-25(35)32-20-5-3-4-19(12-20)28(29,30)31/h3-12,24H,13-15H2,1-2H3,(H,32,35)/t24-/m1/s1. The Morgan fingerprint density at radius 3 is 2.64 bits per heavy atom. The van der Waals surface area contributed by atoms with Gasteiger partial charge in [0.1, 0.15) is 5.25 Å². The number of hydrogen-bond donors (Lipinski definition) is 1. The number of thioether (sulfide) groups is 1. The second kappa shape index (κ2) is 10.6. The van der Waals surface area contributed by atoms with Crippen LogP contribution in [0.2, 0.25) is 0 Å². The fraction of sp³-hybridized carbons (Fsp3) is 0.250. The Bertz CT molecular complexity index is 1470. The van der Waals surface area contributed by atoms with Crippen LogP contribution in [-0.2, 0) is 22.3 Å². The lowest BCUT2D eigenvalue weighted by Crippen LogP contribution is -2.33. The van der Waals surface area contributed by atoms with E-state index in [1.165, 1.54) is 17.0 Å². The Morgan fingerprint density at radius 1 is 1.08 bits per heavy atom. The van der Waals surface area contributed by atoms with Crippen LogP contribution in [0.1, 0.15) is 28.7 Å². The van der Waals surface area contributed by atoms with Gasteiger partial charge in [0.25, 0.3) is 0 Å². The van der Waals surface area contributed by atoms with Crippen LogP contribution in [0, 0.1) is 13.8 Å². The second-order valence-corrected chi connectivity index (χ2v) is 10.4. The summed E-state index contributed by atoms with van der Waals surface area (Å²) in [6.07, 6.45) is -4.77. The van der Waals surface area contributed by atoms with E-state index in [0.717, 1.165) is 40.6 Å². The molecule has 0 saturated carbocycles. The maximum atomic E-state index is 13.5. The molecule has 2 aliphatic heterocycles. The van der Waals surface area contributed by atoms with Gasteiger partial charge in [-0.15, -0.1) is 0 Å². The number of rotatable bonds is 6. The van der Waals surface area contributed by atoms with Crippen molar-refractivity contribution in [3.8, 4) is 11.5 Å². The number of fused-ring (bicyclic) bond motifs is 1. The van der Waals surface area contributed by atoms with Gasteiger partial charge >= 0.3 is 6.18 Å². The summed E-state index contributed by atoms with van der Waals surface area (Å²) < 4.78 is 50.0. The molecule has 11 heteroatoms. The maximum Gasteiger partial charge on any atom is 0.416 e. The van der Waals surface area contributed by atoms with E-state index >= 15 is 0 Å². The van der Waals surface area contributed by atoms with E-state index in [2.05, 4.69) is 5.32 Å². The molecule has 2 heterocycles. The van der Waals surface area contributed by atoms with Crippen molar-refractivity contribution in [2.45, 2.75) is 38.2 Å².